The average Bonchev–Trinajstić information content (AvgIpc) is 2.80. The maximum atomic E-state index is 12.0. The Morgan fingerprint density at radius 2 is 2.00 bits per heavy atom. The number of hydrogen-bond donors (Lipinski definition) is 2. The first-order chi connectivity index (χ1) is 11.1. The minimum Gasteiger partial charge on any atom is -0.481 e. The smallest absolute Gasteiger partial charge is 0.317 e. The summed E-state index contributed by atoms with van der Waals surface area (Å²) in [4.78, 5) is 26.3. The van der Waals surface area contributed by atoms with Gasteiger partial charge in [-0.25, -0.2) is 4.79 Å². The highest BCUT2D eigenvalue weighted by molar-refractivity contribution is 5.75. The van der Waals surface area contributed by atoms with Crippen molar-refractivity contribution in [1.82, 2.24) is 10.2 Å². The van der Waals surface area contributed by atoms with Gasteiger partial charge in [0, 0.05) is 32.7 Å². The predicted molar refractivity (Wildman–Crippen MR) is 85.2 cm³/mol. The summed E-state index contributed by atoms with van der Waals surface area (Å²) >= 11 is 0. The van der Waals surface area contributed by atoms with Crippen molar-refractivity contribution in [3.8, 4) is 6.07 Å². The quantitative estimate of drug-likeness (QED) is 0.871. The van der Waals surface area contributed by atoms with E-state index in [1.165, 1.54) is 0 Å². The fraction of sp³-hybridized carbons (Fsp3) is 0.438. The molecule has 0 bridgehead atoms. The van der Waals surface area contributed by atoms with Crippen molar-refractivity contribution in [3.05, 3.63) is 29.8 Å². The number of nitrogens with one attached hydrogen (secondary N) is 1. The van der Waals surface area contributed by atoms with E-state index in [2.05, 4.69) is 16.3 Å². The zero-order valence-electron chi connectivity index (χ0n) is 12.9. The van der Waals surface area contributed by atoms with Crippen LogP contribution in [0.3, 0.4) is 0 Å². The molecule has 0 spiro atoms. The molecule has 1 saturated heterocycles. The van der Waals surface area contributed by atoms with E-state index in [4.69, 9.17) is 5.11 Å². The Balaban J connectivity index is 1.93. The van der Waals surface area contributed by atoms with E-state index in [9.17, 15) is 14.9 Å². The van der Waals surface area contributed by atoms with Gasteiger partial charge in [0.1, 0.15) is 6.07 Å². The zero-order valence-corrected chi connectivity index (χ0v) is 12.9. The third-order valence-corrected chi connectivity index (χ3v) is 3.76. The van der Waals surface area contributed by atoms with Gasteiger partial charge in [0.05, 0.1) is 17.7 Å². The number of carboxylic acid groups (broad SMARTS) is 1. The third kappa shape index (κ3) is 4.61. The Hall–Kier alpha value is -2.75. The molecule has 2 N–H and O–H groups in total. The van der Waals surface area contributed by atoms with Gasteiger partial charge < -0.3 is 20.2 Å². The molecular formula is C16H20N4O3. The Kier molecular flexibility index (Phi) is 5.80. The van der Waals surface area contributed by atoms with E-state index in [1.807, 2.05) is 18.2 Å². The monoisotopic (exact) mass is 316 g/mol. The second-order valence-corrected chi connectivity index (χ2v) is 5.33. The topological polar surface area (TPSA) is 96.7 Å². The van der Waals surface area contributed by atoms with Gasteiger partial charge in [0.25, 0.3) is 0 Å². The highest BCUT2D eigenvalue weighted by atomic mass is 16.4. The zero-order chi connectivity index (χ0) is 16.7. The molecule has 1 aliphatic rings. The summed E-state index contributed by atoms with van der Waals surface area (Å²) in [6.07, 6.45) is 0.716. The number of carbonyl (C=O) groups excluding carboxylic acids is 1. The molecular weight excluding hydrogens is 296 g/mol. The number of amides is 2. The van der Waals surface area contributed by atoms with Crippen LogP contribution in [0.25, 0.3) is 0 Å². The number of hydrogen-bond acceptors (Lipinski definition) is 4. The summed E-state index contributed by atoms with van der Waals surface area (Å²) in [5.41, 5.74) is 1.52. The number of nitriles is 1. The van der Waals surface area contributed by atoms with E-state index in [0.717, 1.165) is 18.7 Å². The summed E-state index contributed by atoms with van der Waals surface area (Å²) in [6.45, 7) is 2.71. The molecule has 0 atom stereocenters. The Morgan fingerprint density at radius 1 is 1.22 bits per heavy atom. The highest BCUT2D eigenvalue weighted by Gasteiger charge is 2.20. The molecule has 1 fully saturated rings. The molecule has 0 aliphatic carbocycles. The van der Waals surface area contributed by atoms with Crippen LogP contribution in [-0.4, -0.2) is 54.7 Å². The number of aliphatic carboxylic acids is 1. The van der Waals surface area contributed by atoms with Gasteiger partial charge in [-0.3, -0.25) is 4.79 Å². The second kappa shape index (κ2) is 8.03. The first-order valence-corrected chi connectivity index (χ1v) is 7.60. The van der Waals surface area contributed by atoms with Gasteiger partial charge in [-0.05, 0) is 18.6 Å². The Morgan fingerprint density at radius 3 is 2.74 bits per heavy atom. The van der Waals surface area contributed by atoms with Crippen LogP contribution < -0.4 is 10.2 Å². The molecule has 1 aromatic rings. The first-order valence-electron chi connectivity index (χ1n) is 7.60. The normalized spacial score (nSPS) is 14.7. The van der Waals surface area contributed by atoms with Crippen molar-refractivity contribution in [2.75, 3.05) is 37.6 Å². The summed E-state index contributed by atoms with van der Waals surface area (Å²) in [7, 11) is 0. The Labute approximate surface area is 135 Å². The maximum Gasteiger partial charge on any atom is 0.317 e. The lowest BCUT2D eigenvalue weighted by Gasteiger charge is -2.24. The molecule has 7 heteroatoms. The van der Waals surface area contributed by atoms with Gasteiger partial charge in [0.15, 0.2) is 0 Å². The van der Waals surface area contributed by atoms with Crippen LogP contribution in [0.1, 0.15) is 18.4 Å². The van der Waals surface area contributed by atoms with Crippen LogP contribution in [0.2, 0.25) is 0 Å². The van der Waals surface area contributed by atoms with Crippen molar-refractivity contribution in [1.29, 1.82) is 5.26 Å². The summed E-state index contributed by atoms with van der Waals surface area (Å²) in [6, 6.07) is 9.40. The number of urea groups is 1. The van der Waals surface area contributed by atoms with Gasteiger partial charge >= 0.3 is 12.0 Å². The molecule has 23 heavy (non-hydrogen) atoms. The number of nitrogens with zero attached hydrogens (tertiary/aromatic N) is 3. The van der Waals surface area contributed by atoms with E-state index < -0.39 is 5.97 Å². The maximum absolute atomic E-state index is 12.0. The fourth-order valence-corrected chi connectivity index (χ4v) is 2.59. The van der Waals surface area contributed by atoms with Gasteiger partial charge in [-0.1, -0.05) is 12.1 Å². The lowest BCUT2D eigenvalue weighted by atomic mass is 10.1. The summed E-state index contributed by atoms with van der Waals surface area (Å²) in [5.74, 6) is -0.930. The summed E-state index contributed by atoms with van der Waals surface area (Å²) < 4.78 is 0. The van der Waals surface area contributed by atoms with Crippen molar-refractivity contribution in [3.63, 3.8) is 0 Å². The first kappa shape index (κ1) is 16.6. The van der Waals surface area contributed by atoms with Gasteiger partial charge in [0.2, 0.25) is 0 Å². The Bertz CT molecular complexity index is 612. The number of anilines is 1. The molecule has 7 nitrogen and oxygen atoms in total. The average molecular weight is 316 g/mol. The van der Waals surface area contributed by atoms with E-state index in [0.29, 0.717) is 25.2 Å². The largest absolute Gasteiger partial charge is 0.481 e. The van der Waals surface area contributed by atoms with Crippen LogP contribution in [0, 0.1) is 11.3 Å². The third-order valence-electron chi connectivity index (χ3n) is 3.76. The predicted octanol–water partition coefficient (Wildman–Crippen LogP) is 1.25. The lowest BCUT2D eigenvalue weighted by molar-refractivity contribution is -0.136. The fourth-order valence-electron chi connectivity index (χ4n) is 2.59. The van der Waals surface area contributed by atoms with Crippen LogP contribution in [0.4, 0.5) is 10.5 Å². The van der Waals surface area contributed by atoms with E-state index in [-0.39, 0.29) is 19.0 Å². The molecule has 0 radical (unpaired) electrons. The molecule has 0 aromatic heterocycles. The molecule has 0 saturated carbocycles. The highest BCUT2D eigenvalue weighted by Crippen LogP contribution is 2.21. The number of carbonyl (C=O) groups is 2. The second-order valence-electron chi connectivity index (χ2n) is 5.33. The van der Waals surface area contributed by atoms with Gasteiger partial charge in [-0.15, -0.1) is 0 Å². The van der Waals surface area contributed by atoms with E-state index in [1.54, 1.807) is 11.0 Å². The van der Waals surface area contributed by atoms with Crippen molar-refractivity contribution >= 4 is 17.7 Å². The molecule has 0 unspecified atom stereocenters. The summed E-state index contributed by atoms with van der Waals surface area (Å²) in [5, 5.41) is 20.4. The molecule has 1 heterocycles. The van der Waals surface area contributed by atoms with Crippen LogP contribution in [0.15, 0.2) is 24.3 Å². The molecule has 1 aliphatic heterocycles. The standard InChI is InChI=1S/C16H20N4O3/c17-12-13-4-1-2-5-14(13)19-8-3-9-20(11-10-19)16(23)18-7-6-15(21)22/h1-2,4-5H,3,6-11H2,(H,18,23)(H,21,22). The van der Waals surface area contributed by atoms with Crippen molar-refractivity contribution in [2.45, 2.75) is 12.8 Å². The van der Waals surface area contributed by atoms with Crippen molar-refractivity contribution < 1.29 is 14.7 Å². The molecule has 1 aromatic carbocycles. The van der Waals surface area contributed by atoms with Crippen LogP contribution in [-0.2, 0) is 4.79 Å². The minimum atomic E-state index is -0.930. The molecule has 2 rings (SSSR count). The van der Waals surface area contributed by atoms with E-state index >= 15 is 0 Å². The number of carboxylic acids is 1. The van der Waals surface area contributed by atoms with Crippen molar-refractivity contribution in [2.24, 2.45) is 0 Å². The van der Waals surface area contributed by atoms with Gasteiger partial charge in [-0.2, -0.15) is 5.26 Å². The SMILES string of the molecule is N#Cc1ccccc1N1CCCN(C(=O)NCCC(=O)O)CC1. The number of para-hydroxylation sites is 1. The minimum absolute atomic E-state index is 0.0821. The number of rotatable bonds is 4. The number of benzene rings is 1. The molecule has 122 valence electrons. The van der Waals surface area contributed by atoms with Crippen LogP contribution in [0.5, 0.6) is 0 Å². The molecule has 2 amide bonds. The van der Waals surface area contributed by atoms with Crippen LogP contribution >= 0.6 is 0 Å². The lowest BCUT2D eigenvalue weighted by Crippen LogP contribution is -2.42.